The molecule has 0 rings (SSSR count). The van der Waals surface area contributed by atoms with E-state index in [1.807, 2.05) is 0 Å². The molecule has 0 saturated carbocycles. The van der Waals surface area contributed by atoms with Gasteiger partial charge >= 0.3 is 0 Å². The van der Waals surface area contributed by atoms with Gasteiger partial charge in [0.05, 0.1) is 6.61 Å². The maximum atomic E-state index is 11.3. The standard InChI is InChI=1S/C8H19NO2S/c1-3-4-5-12(10)7-8(9)6-11-2/h8H,3-7,9H2,1-2H3. The molecule has 0 amide bonds. The van der Waals surface area contributed by atoms with E-state index < -0.39 is 10.8 Å². The highest BCUT2D eigenvalue weighted by Crippen LogP contribution is 1.94. The third kappa shape index (κ3) is 6.76. The molecule has 0 aliphatic rings. The predicted octanol–water partition coefficient (Wildman–Crippen LogP) is 0.509. The van der Waals surface area contributed by atoms with E-state index in [0.29, 0.717) is 12.4 Å². The average Bonchev–Trinajstić information content (AvgIpc) is 2.01. The fourth-order valence-corrected chi connectivity index (χ4v) is 2.24. The van der Waals surface area contributed by atoms with Crippen LogP contribution in [0.15, 0.2) is 0 Å². The molecular formula is C8H19NO2S. The van der Waals surface area contributed by atoms with Crippen LogP contribution in [0.2, 0.25) is 0 Å². The molecule has 0 aromatic rings. The summed E-state index contributed by atoms with van der Waals surface area (Å²) in [6, 6.07) is -0.0762. The lowest BCUT2D eigenvalue weighted by Gasteiger charge is -2.09. The van der Waals surface area contributed by atoms with Crippen LogP contribution in [-0.4, -0.2) is 35.5 Å². The minimum atomic E-state index is -0.756. The van der Waals surface area contributed by atoms with Crippen LogP contribution in [0.1, 0.15) is 19.8 Å². The third-order valence-corrected chi connectivity index (χ3v) is 3.05. The molecule has 0 saturated heterocycles. The molecule has 0 heterocycles. The van der Waals surface area contributed by atoms with Crippen molar-refractivity contribution in [3.8, 4) is 0 Å². The van der Waals surface area contributed by atoms with Crippen LogP contribution in [0.3, 0.4) is 0 Å². The van der Waals surface area contributed by atoms with Crippen molar-refractivity contribution >= 4 is 10.8 Å². The van der Waals surface area contributed by atoms with Gasteiger partial charge in [-0.1, -0.05) is 13.3 Å². The SMILES string of the molecule is CCCCS(=O)CC(N)COC. The van der Waals surface area contributed by atoms with E-state index in [4.69, 9.17) is 10.5 Å². The first-order valence-corrected chi connectivity index (χ1v) is 5.79. The zero-order valence-corrected chi connectivity index (χ0v) is 8.73. The van der Waals surface area contributed by atoms with Gasteiger partial charge in [0.15, 0.2) is 0 Å². The molecule has 2 N–H and O–H groups in total. The lowest BCUT2D eigenvalue weighted by molar-refractivity contribution is 0.186. The van der Waals surface area contributed by atoms with Gasteiger partial charge in [-0.3, -0.25) is 4.21 Å². The van der Waals surface area contributed by atoms with E-state index in [1.165, 1.54) is 0 Å². The molecule has 0 bridgehead atoms. The molecule has 12 heavy (non-hydrogen) atoms. The number of methoxy groups -OCH3 is 1. The number of nitrogens with two attached hydrogens (primary N) is 1. The number of hydrogen-bond acceptors (Lipinski definition) is 3. The van der Waals surface area contributed by atoms with Crippen LogP contribution in [-0.2, 0) is 15.5 Å². The van der Waals surface area contributed by atoms with E-state index in [9.17, 15) is 4.21 Å². The second-order valence-corrected chi connectivity index (χ2v) is 4.50. The largest absolute Gasteiger partial charge is 0.383 e. The Balaban J connectivity index is 3.40. The second-order valence-electron chi connectivity index (χ2n) is 2.88. The molecule has 74 valence electrons. The molecule has 0 aromatic heterocycles. The molecule has 0 aromatic carbocycles. The van der Waals surface area contributed by atoms with Crippen molar-refractivity contribution in [1.82, 2.24) is 0 Å². The molecule has 0 fully saturated rings. The van der Waals surface area contributed by atoms with Crippen molar-refractivity contribution in [3.63, 3.8) is 0 Å². The number of unbranched alkanes of at least 4 members (excludes halogenated alkanes) is 1. The summed E-state index contributed by atoms with van der Waals surface area (Å²) in [4.78, 5) is 0. The molecule has 0 aliphatic heterocycles. The average molecular weight is 193 g/mol. The molecule has 4 heteroatoms. The normalized spacial score (nSPS) is 15.9. The Kier molecular flexibility index (Phi) is 7.75. The summed E-state index contributed by atoms with van der Waals surface area (Å²) in [5, 5.41) is 0. The Hall–Kier alpha value is 0.0700. The summed E-state index contributed by atoms with van der Waals surface area (Å²) in [5.41, 5.74) is 5.64. The number of hydrogen-bond donors (Lipinski definition) is 1. The van der Waals surface area contributed by atoms with Crippen LogP contribution in [0, 0.1) is 0 Å². The van der Waals surface area contributed by atoms with E-state index in [-0.39, 0.29) is 6.04 Å². The first kappa shape index (κ1) is 12.1. The third-order valence-electron chi connectivity index (χ3n) is 1.51. The van der Waals surface area contributed by atoms with Gasteiger partial charge in [-0.25, -0.2) is 0 Å². The zero-order valence-electron chi connectivity index (χ0n) is 7.91. The zero-order chi connectivity index (χ0) is 9.40. The van der Waals surface area contributed by atoms with Gasteiger partial charge in [-0.2, -0.15) is 0 Å². The smallest absolute Gasteiger partial charge is 0.0622 e. The summed E-state index contributed by atoms with van der Waals surface area (Å²) in [5.74, 6) is 1.34. The van der Waals surface area contributed by atoms with Gasteiger partial charge in [0.1, 0.15) is 0 Å². The lowest BCUT2D eigenvalue weighted by atomic mass is 10.4. The van der Waals surface area contributed by atoms with Crippen LogP contribution in [0.25, 0.3) is 0 Å². The molecule has 0 spiro atoms. The Labute approximate surface area is 77.1 Å². The van der Waals surface area contributed by atoms with Gasteiger partial charge in [-0.15, -0.1) is 0 Å². The highest BCUT2D eigenvalue weighted by Gasteiger charge is 2.06. The second kappa shape index (κ2) is 7.71. The van der Waals surface area contributed by atoms with E-state index >= 15 is 0 Å². The van der Waals surface area contributed by atoms with Crippen LogP contribution in [0.4, 0.5) is 0 Å². The Morgan fingerprint density at radius 2 is 2.25 bits per heavy atom. The summed E-state index contributed by atoms with van der Waals surface area (Å²) in [6.45, 7) is 2.59. The highest BCUT2D eigenvalue weighted by atomic mass is 32.2. The number of rotatable bonds is 7. The Morgan fingerprint density at radius 3 is 2.75 bits per heavy atom. The van der Waals surface area contributed by atoms with Crippen LogP contribution < -0.4 is 5.73 Å². The predicted molar refractivity (Wildman–Crippen MR) is 52.6 cm³/mol. The topological polar surface area (TPSA) is 52.3 Å². The first-order chi connectivity index (χ1) is 5.70. The summed E-state index contributed by atoms with van der Waals surface area (Å²) in [7, 11) is 0.849. The lowest BCUT2D eigenvalue weighted by Crippen LogP contribution is -2.32. The van der Waals surface area contributed by atoms with Gasteiger partial charge in [0.2, 0.25) is 0 Å². The molecular weight excluding hydrogens is 174 g/mol. The Bertz CT molecular complexity index is 130. The maximum Gasteiger partial charge on any atom is 0.0622 e. The van der Waals surface area contributed by atoms with Crippen molar-refractivity contribution in [2.24, 2.45) is 5.73 Å². The minimum absolute atomic E-state index is 0.0762. The van der Waals surface area contributed by atoms with Crippen molar-refractivity contribution in [1.29, 1.82) is 0 Å². The summed E-state index contributed by atoms with van der Waals surface area (Å²) < 4.78 is 16.1. The minimum Gasteiger partial charge on any atom is -0.383 e. The van der Waals surface area contributed by atoms with E-state index in [0.717, 1.165) is 18.6 Å². The summed E-state index contributed by atoms with van der Waals surface area (Å²) in [6.07, 6.45) is 2.11. The molecule has 0 radical (unpaired) electrons. The van der Waals surface area contributed by atoms with Crippen LogP contribution >= 0.6 is 0 Å². The highest BCUT2D eigenvalue weighted by molar-refractivity contribution is 7.85. The monoisotopic (exact) mass is 193 g/mol. The maximum absolute atomic E-state index is 11.3. The van der Waals surface area contributed by atoms with Crippen molar-refractivity contribution < 1.29 is 8.95 Å². The van der Waals surface area contributed by atoms with Gasteiger partial charge < -0.3 is 10.5 Å². The fourth-order valence-electron chi connectivity index (χ4n) is 0.890. The number of ether oxygens (including phenoxy) is 1. The van der Waals surface area contributed by atoms with Crippen LogP contribution in [0.5, 0.6) is 0 Å². The van der Waals surface area contributed by atoms with E-state index in [1.54, 1.807) is 7.11 Å². The first-order valence-electron chi connectivity index (χ1n) is 4.30. The molecule has 2 unspecified atom stereocenters. The van der Waals surface area contributed by atoms with E-state index in [2.05, 4.69) is 6.92 Å². The van der Waals surface area contributed by atoms with Crippen molar-refractivity contribution in [2.45, 2.75) is 25.8 Å². The molecule has 0 aliphatic carbocycles. The van der Waals surface area contributed by atoms with Gasteiger partial charge in [0.25, 0.3) is 0 Å². The van der Waals surface area contributed by atoms with Gasteiger partial charge in [0, 0.05) is 35.5 Å². The van der Waals surface area contributed by atoms with Crippen molar-refractivity contribution in [2.75, 3.05) is 25.2 Å². The van der Waals surface area contributed by atoms with Crippen molar-refractivity contribution in [3.05, 3.63) is 0 Å². The molecule has 2 atom stereocenters. The quantitative estimate of drug-likeness (QED) is 0.641. The Morgan fingerprint density at radius 1 is 1.58 bits per heavy atom. The summed E-state index contributed by atoms with van der Waals surface area (Å²) >= 11 is 0. The molecule has 3 nitrogen and oxygen atoms in total. The van der Waals surface area contributed by atoms with Gasteiger partial charge in [-0.05, 0) is 6.42 Å². The fraction of sp³-hybridized carbons (Fsp3) is 1.00.